The second-order valence-electron chi connectivity index (χ2n) is 4.85. The maximum Gasteiger partial charge on any atom is 0.127 e. The molecule has 2 aromatic carbocycles. The second-order valence-corrected chi connectivity index (χ2v) is 5.26. The Labute approximate surface area is 112 Å². The molecule has 0 unspecified atom stereocenters. The fourth-order valence-corrected chi connectivity index (χ4v) is 2.12. The molecule has 0 nitrogen and oxygen atoms in total. The third kappa shape index (κ3) is 2.56. The van der Waals surface area contributed by atoms with Gasteiger partial charge in [0.2, 0.25) is 0 Å². The zero-order valence-electron chi connectivity index (χ0n) is 10.8. The minimum atomic E-state index is -0.143. The van der Waals surface area contributed by atoms with E-state index in [2.05, 4.69) is 0 Å². The normalized spacial score (nSPS) is 11.0. The van der Waals surface area contributed by atoms with Gasteiger partial charge in [-0.1, -0.05) is 43.6 Å². The molecule has 0 aliphatic rings. The second kappa shape index (κ2) is 5.11. The molecule has 0 amide bonds. The zero-order chi connectivity index (χ0) is 13.3. The van der Waals surface area contributed by atoms with Gasteiger partial charge in [-0.15, -0.1) is 0 Å². The van der Waals surface area contributed by atoms with Crippen LogP contribution in [0.3, 0.4) is 0 Å². The third-order valence-corrected chi connectivity index (χ3v) is 3.54. The van der Waals surface area contributed by atoms with E-state index in [9.17, 15) is 4.39 Å². The first-order valence-corrected chi connectivity index (χ1v) is 6.43. The Morgan fingerprint density at radius 3 is 2.17 bits per heavy atom. The molecule has 0 saturated carbocycles. The highest BCUT2D eigenvalue weighted by molar-refractivity contribution is 6.31. The molecule has 0 aromatic heterocycles. The number of halogens is 2. The van der Waals surface area contributed by atoms with Crippen LogP contribution in [0.5, 0.6) is 0 Å². The lowest BCUT2D eigenvalue weighted by Crippen LogP contribution is -1.93. The summed E-state index contributed by atoms with van der Waals surface area (Å²) in [6.07, 6.45) is 0. The molecular formula is C16H16ClF. The summed E-state index contributed by atoms with van der Waals surface area (Å²) in [7, 11) is 0. The van der Waals surface area contributed by atoms with Crippen molar-refractivity contribution in [3.63, 3.8) is 0 Å². The van der Waals surface area contributed by atoms with E-state index in [1.54, 1.807) is 6.07 Å². The van der Waals surface area contributed by atoms with Gasteiger partial charge >= 0.3 is 0 Å². The van der Waals surface area contributed by atoms with Crippen LogP contribution in [0.4, 0.5) is 4.39 Å². The van der Waals surface area contributed by atoms with Crippen molar-refractivity contribution in [2.45, 2.75) is 26.7 Å². The molecule has 0 fully saturated rings. The largest absolute Gasteiger partial charge is 0.207 e. The predicted octanol–water partition coefficient (Wildman–Crippen LogP) is 5.58. The van der Waals surface area contributed by atoms with Crippen LogP contribution in [0.1, 0.15) is 30.9 Å². The number of benzene rings is 2. The Kier molecular flexibility index (Phi) is 3.72. The molecule has 0 N–H and O–H groups in total. The molecule has 0 saturated heterocycles. The minimum absolute atomic E-state index is 0.143. The Balaban J connectivity index is 2.45. The molecule has 0 bridgehead atoms. The van der Waals surface area contributed by atoms with Crippen molar-refractivity contribution in [3.8, 4) is 11.1 Å². The molecule has 0 atom stereocenters. The molecule has 2 heteroatoms. The van der Waals surface area contributed by atoms with Gasteiger partial charge < -0.3 is 0 Å². The van der Waals surface area contributed by atoms with Crippen LogP contribution in [0.25, 0.3) is 11.1 Å². The van der Waals surface area contributed by atoms with Gasteiger partial charge in [0, 0.05) is 5.02 Å². The molecule has 2 aromatic rings. The van der Waals surface area contributed by atoms with E-state index in [1.165, 1.54) is 0 Å². The Morgan fingerprint density at radius 2 is 1.61 bits per heavy atom. The van der Waals surface area contributed by atoms with Gasteiger partial charge in [-0.05, 0) is 53.3 Å². The van der Waals surface area contributed by atoms with Gasteiger partial charge in [-0.3, -0.25) is 0 Å². The van der Waals surface area contributed by atoms with E-state index in [0.29, 0.717) is 0 Å². The van der Waals surface area contributed by atoms with E-state index in [1.807, 2.05) is 51.1 Å². The summed E-state index contributed by atoms with van der Waals surface area (Å²) in [5.41, 5.74) is 3.63. The molecule has 0 radical (unpaired) electrons. The first-order valence-electron chi connectivity index (χ1n) is 6.05. The minimum Gasteiger partial charge on any atom is -0.207 e. The molecule has 0 aliphatic heterocycles. The van der Waals surface area contributed by atoms with Gasteiger partial charge in [0.25, 0.3) is 0 Å². The average Bonchev–Trinajstić information content (AvgIpc) is 2.32. The van der Waals surface area contributed by atoms with Crippen molar-refractivity contribution in [1.82, 2.24) is 0 Å². The fourth-order valence-electron chi connectivity index (χ4n) is 2.00. The average molecular weight is 263 g/mol. The van der Waals surface area contributed by atoms with Gasteiger partial charge in [0.15, 0.2) is 0 Å². The standard InChI is InChI=1S/C16H16ClF/c1-10(2)14-6-4-13(9-16(14)18)12-5-7-15(17)11(3)8-12/h4-10H,1-3H3. The van der Waals surface area contributed by atoms with Crippen LogP contribution in [0.15, 0.2) is 36.4 Å². The molecule has 0 aliphatic carbocycles. The maximum atomic E-state index is 13.9. The first kappa shape index (κ1) is 13.1. The Bertz CT molecular complexity index is 573. The molecular weight excluding hydrogens is 247 g/mol. The van der Waals surface area contributed by atoms with Crippen LogP contribution >= 0.6 is 11.6 Å². The van der Waals surface area contributed by atoms with Crippen molar-refractivity contribution in [2.24, 2.45) is 0 Å². The van der Waals surface area contributed by atoms with Gasteiger partial charge in [-0.25, -0.2) is 4.39 Å². The molecule has 2 rings (SSSR count). The highest BCUT2D eigenvalue weighted by Gasteiger charge is 2.08. The number of rotatable bonds is 2. The van der Waals surface area contributed by atoms with Crippen LogP contribution in [-0.4, -0.2) is 0 Å². The van der Waals surface area contributed by atoms with E-state index in [0.717, 1.165) is 27.3 Å². The van der Waals surface area contributed by atoms with Gasteiger partial charge in [-0.2, -0.15) is 0 Å². The lowest BCUT2D eigenvalue weighted by Gasteiger charge is -2.10. The van der Waals surface area contributed by atoms with Crippen molar-refractivity contribution in [3.05, 3.63) is 58.4 Å². The highest BCUT2D eigenvalue weighted by atomic mass is 35.5. The van der Waals surface area contributed by atoms with Crippen LogP contribution in [0.2, 0.25) is 5.02 Å². The fraction of sp³-hybridized carbons (Fsp3) is 0.250. The molecule has 0 spiro atoms. The zero-order valence-corrected chi connectivity index (χ0v) is 11.6. The number of hydrogen-bond acceptors (Lipinski definition) is 0. The summed E-state index contributed by atoms with van der Waals surface area (Å²) < 4.78 is 13.9. The van der Waals surface area contributed by atoms with E-state index >= 15 is 0 Å². The highest BCUT2D eigenvalue weighted by Crippen LogP contribution is 2.28. The van der Waals surface area contributed by atoms with E-state index in [4.69, 9.17) is 11.6 Å². The van der Waals surface area contributed by atoms with E-state index < -0.39 is 0 Å². The number of hydrogen-bond donors (Lipinski definition) is 0. The quantitative estimate of drug-likeness (QED) is 0.663. The summed E-state index contributed by atoms with van der Waals surface area (Å²) in [6.45, 7) is 5.93. The van der Waals surface area contributed by atoms with Crippen molar-refractivity contribution in [2.75, 3.05) is 0 Å². The smallest absolute Gasteiger partial charge is 0.127 e. The first-order chi connectivity index (χ1) is 8.49. The van der Waals surface area contributed by atoms with Gasteiger partial charge in [0.05, 0.1) is 0 Å². The molecule has 18 heavy (non-hydrogen) atoms. The van der Waals surface area contributed by atoms with Crippen molar-refractivity contribution in [1.29, 1.82) is 0 Å². The van der Waals surface area contributed by atoms with Crippen LogP contribution in [-0.2, 0) is 0 Å². The van der Waals surface area contributed by atoms with Crippen molar-refractivity contribution >= 4 is 11.6 Å². The summed E-state index contributed by atoms with van der Waals surface area (Å²) in [5.74, 6) is 0.0566. The Hall–Kier alpha value is -1.34. The maximum absolute atomic E-state index is 13.9. The summed E-state index contributed by atoms with van der Waals surface area (Å²) in [6, 6.07) is 11.2. The lowest BCUT2D eigenvalue weighted by atomic mass is 9.97. The summed E-state index contributed by atoms with van der Waals surface area (Å²) >= 11 is 5.99. The van der Waals surface area contributed by atoms with Crippen molar-refractivity contribution < 1.29 is 4.39 Å². The Morgan fingerprint density at radius 1 is 1.00 bits per heavy atom. The topological polar surface area (TPSA) is 0 Å². The van der Waals surface area contributed by atoms with Crippen LogP contribution < -0.4 is 0 Å². The number of aryl methyl sites for hydroxylation is 1. The van der Waals surface area contributed by atoms with Crippen LogP contribution in [0, 0.1) is 12.7 Å². The summed E-state index contributed by atoms with van der Waals surface area (Å²) in [5, 5.41) is 0.734. The SMILES string of the molecule is Cc1cc(-c2ccc(C(C)C)c(F)c2)ccc1Cl. The van der Waals surface area contributed by atoms with E-state index in [-0.39, 0.29) is 11.7 Å². The lowest BCUT2D eigenvalue weighted by molar-refractivity contribution is 0.599. The summed E-state index contributed by atoms with van der Waals surface area (Å²) in [4.78, 5) is 0. The molecule has 0 heterocycles. The van der Waals surface area contributed by atoms with Gasteiger partial charge in [0.1, 0.15) is 5.82 Å². The predicted molar refractivity (Wildman–Crippen MR) is 75.7 cm³/mol. The monoisotopic (exact) mass is 262 g/mol. The third-order valence-electron chi connectivity index (χ3n) is 3.11. The molecule has 94 valence electrons.